The van der Waals surface area contributed by atoms with Gasteiger partial charge in [0, 0.05) is 42.0 Å². The average Bonchev–Trinajstić information content (AvgIpc) is 3.12. The quantitative estimate of drug-likeness (QED) is 0.483. The number of anilines is 3. The SMILES string of the molecule is CN(C(=O)CCN)c1ccc(NC(=C2C(=O)Nc3cc(Cl)ccc32)c2ccccc2)cc1. The zero-order valence-corrected chi connectivity index (χ0v) is 18.3. The minimum absolute atomic E-state index is 0.0433. The van der Waals surface area contributed by atoms with Gasteiger partial charge >= 0.3 is 0 Å². The number of nitrogens with zero attached hydrogens (tertiary/aromatic N) is 1. The summed E-state index contributed by atoms with van der Waals surface area (Å²) < 4.78 is 0. The Balaban J connectivity index is 1.72. The molecule has 0 unspecified atom stereocenters. The standard InChI is InChI=1S/C25H23ClN4O2/c1-30(22(31)13-14-27)19-10-8-18(9-11-19)28-24(16-5-3-2-4-6-16)23-20-12-7-17(26)15-21(20)29-25(23)32/h2-12,15,28H,13-14,27H2,1H3,(H,29,32). The van der Waals surface area contributed by atoms with Crippen molar-refractivity contribution in [2.45, 2.75) is 6.42 Å². The number of hydrogen-bond donors (Lipinski definition) is 3. The molecule has 3 aromatic rings. The van der Waals surface area contributed by atoms with Crippen LogP contribution in [0.3, 0.4) is 0 Å². The van der Waals surface area contributed by atoms with Gasteiger partial charge in [-0.05, 0) is 42.0 Å². The molecule has 1 aliphatic heterocycles. The zero-order chi connectivity index (χ0) is 22.7. The van der Waals surface area contributed by atoms with E-state index in [-0.39, 0.29) is 11.8 Å². The molecule has 0 aromatic heterocycles. The molecule has 0 saturated heterocycles. The lowest BCUT2D eigenvalue weighted by Gasteiger charge is -2.19. The van der Waals surface area contributed by atoms with Crippen LogP contribution in [0, 0.1) is 0 Å². The first-order chi connectivity index (χ1) is 15.5. The number of nitrogens with two attached hydrogens (primary N) is 1. The number of halogens is 1. The fraction of sp³-hybridized carbons (Fsp3) is 0.120. The van der Waals surface area contributed by atoms with Gasteiger partial charge < -0.3 is 21.3 Å². The molecule has 0 spiro atoms. The average molecular weight is 447 g/mol. The summed E-state index contributed by atoms with van der Waals surface area (Å²) in [7, 11) is 1.72. The van der Waals surface area contributed by atoms with Gasteiger partial charge in [0.05, 0.1) is 17.0 Å². The highest BCUT2D eigenvalue weighted by Crippen LogP contribution is 2.38. The highest BCUT2D eigenvalue weighted by molar-refractivity contribution is 6.38. The molecule has 0 saturated carbocycles. The van der Waals surface area contributed by atoms with Crippen LogP contribution in [-0.4, -0.2) is 25.4 Å². The Hall–Kier alpha value is -3.61. The zero-order valence-electron chi connectivity index (χ0n) is 17.6. The summed E-state index contributed by atoms with van der Waals surface area (Å²) in [5.41, 5.74) is 10.6. The third-order valence-corrected chi connectivity index (χ3v) is 5.53. The summed E-state index contributed by atoms with van der Waals surface area (Å²) in [6.07, 6.45) is 0.291. The van der Waals surface area contributed by atoms with E-state index in [1.807, 2.05) is 60.7 Å². The molecule has 4 rings (SSSR count). The van der Waals surface area contributed by atoms with E-state index >= 15 is 0 Å². The molecule has 0 bridgehead atoms. The van der Waals surface area contributed by atoms with E-state index in [9.17, 15) is 9.59 Å². The van der Waals surface area contributed by atoms with Gasteiger partial charge in [0.2, 0.25) is 5.91 Å². The predicted octanol–water partition coefficient (Wildman–Crippen LogP) is 4.58. The normalized spacial score (nSPS) is 13.9. The molecule has 0 atom stereocenters. The predicted molar refractivity (Wildman–Crippen MR) is 130 cm³/mol. The van der Waals surface area contributed by atoms with Crippen molar-refractivity contribution in [2.24, 2.45) is 5.73 Å². The summed E-state index contributed by atoms with van der Waals surface area (Å²) in [4.78, 5) is 26.6. The first-order valence-electron chi connectivity index (χ1n) is 10.2. The third kappa shape index (κ3) is 4.37. The van der Waals surface area contributed by atoms with E-state index in [4.69, 9.17) is 17.3 Å². The highest BCUT2D eigenvalue weighted by Gasteiger charge is 2.28. The number of carbonyl (C=O) groups is 2. The number of benzene rings is 3. The maximum atomic E-state index is 12.9. The summed E-state index contributed by atoms with van der Waals surface area (Å²) in [6, 6.07) is 22.5. The van der Waals surface area contributed by atoms with E-state index in [2.05, 4.69) is 10.6 Å². The molecule has 4 N–H and O–H groups in total. The van der Waals surface area contributed by atoms with Crippen LogP contribution >= 0.6 is 11.6 Å². The first kappa shape index (κ1) is 21.6. The molecule has 162 valence electrons. The minimum Gasteiger partial charge on any atom is -0.354 e. The molecule has 2 amide bonds. The van der Waals surface area contributed by atoms with Crippen LogP contribution < -0.4 is 21.3 Å². The molecule has 3 aromatic carbocycles. The Morgan fingerprint density at radius 1 is 1.06 bits per heavy atom. The highest BCUT2D eigenvalue weighted by atomic mass is 35.5. The van der Waals surface area contributed by atoms with Crippen LogP contribution in [-0.2, 0) is 9.59 Å². The van der Waals surface area contributed by atoms with E-state index < -0.39 is 0 Å². The minimum atomic E-state index is -0.197. The van der Waals surface area contributed by atoms with Gasteiger partial charge in [-0.25, -0.2) is 0 Å². The smallest absolute Gasteiger partial charge is 0.258 e. The molecule has 0 fully saturated rings. The topological polar surface area (TPSA) is 87.5 Å². The van der Waals surface area contributed by atoms with Gasteiger partial charge in [-0.1, -0.05) is 48.0 Å². The van der Waals surface area contributed by atoms with E-state index in [1.54, 1.807) is 24.1 Å². The van der Waals surface area contributed by atoms with Crippen LogP contribution in [0.25, 0.3) is 11.3 Å². The molecular formula is C25H23ClN4O2. The van der Waals surface area contributed by atoms with E-state index in [0.717, 1.165) is 22.5 Å². The van der Waals surface area contributed by atoms with Crippen molar-refractivity contribution in [3.8, 4) is 0 Å². The Bertz CT molecular complexity index is 1190. The van der Waals surface area contributed by atoms with Crippen molar-refractivity contribution < 1.29 is 9.59 Å². The summed E-state index contributed by atoms with van der Waals surface area (Å²) >= 11 is 6.11. The van der Waals surface area contributed by atoms with Crippen LogP contribution in [0.4, 0.5) is 17.1 Å². The second-order valence-corrected chi connectivity index (χ2v) is 7.86. The van der Waals surface area contributed by atoms with E-state index in [1.165, 1.54) is 0 Å². The molecular weight excluding hydrogens is 424 g/mol. The van der Waals surface area contributed by atoms with Crippen molar-refractivity contribution in [3.63, 3.8) is 0 Å². The Morgan fingerprint density at radius 2 is 1.78 bits per heavy atom. The Kier molecular flexibility index (Phi) is 6.25. The van der Waals surface area contributed by atoms with Gasteiger partial charge in [-0.3, -0.25) is 9.59 Å². The van der Waals surface area contributed by atoms with Gasteiger partial charge in [-0.2, -0.15) is 0 Å². The fourth-order valence-corrected chi connectivity index (χ4v) is 3.80. The lowest BCUT2D eigenvalue weighted by molar-refractivity contribution is -0.118. The maximum absolute atomic E-state index is 12.9. The third-order valence-electron chi connectivity index (χ3n) is 5.29. The largest absolute Gasteiger partial charge is 0.354 e. The first-order valence-corrected chi connectivity index (χ1v) is 10.6. The molecule has 1 heterocycles. The second kappa shape index (κ2) is 9.26. The summed E-state index contributed by atoms with van der Waals surface area (Å²) in [5, 5.41) is 6.86. The van der Waals surface area contributed by atoms with Gasteiger partial charge in [-0.15, -0.1) is 0 Å². The maximum Gasteiger partial charge on any atom is 0.258 e. The number of hydrogen-bond acceptors (Lipinski definition) is 4. The lowest BCUT2D eigenvalue weighted by Crippen LogP contribution is -2.27. The number of carbonyl (C=O) groups excluding carboxylic acids is 2. The molecule has 7 heteroatoms. The summed E-state index contributed by atoms with van der Waals surface area (Å²) in [6.45, 7) is 0.311. The van der Waals surface area contributed by atoms with Crippen molar-refractivity contribution in [3.05, 3.63) is 88.9 Å². The van der Waals surface area contributed by atoms with Crippen molar-refractivity contribution in [2.75, 3.05) is 29.1 Å². The van der Waals surface area contributed by atoms with Gasteiger partial charge in [0.15, 0.2) is 0 Å². The van der Waals surface area contributed by atoms with Crippen molar-refractivity contribution >= 4 is 51.7 Å². The number of nitrogens with one attached hydrogen (secondary N) is 2. The van der Waals surface area contributed by atoms with Crippen LogP contribution in [0.5, 0.6) is 0 Å². The molecule has 0 radical (unpaired) electrons. The van der Waals surface area contributed by atoms with Gasteiger partial charge in [0.1, 0.15) is 0 Å². The van der Waals surface area contributed by atoms with E-state index in [0.29, 0.717) is 34.9 Å². The van der Waals surface area contributed by atoms with Crippen LogP contribution in [0.2, 0.25) is 5.02 Å². The fourth-order valence-electron chi connectivity index (χ4n) is 3.62. The second-order valence-electron chi connectivity index (χ2n) is 7.42. The van der Waals surface area contributed by atoms with Crippen molar-refractivity contribution in [1.82, 2.24) is 0 Å². The molecule has 1 aliphatic rings. The van der Waals surface area contributed by atoms with Crippen molar-refractivity contribution in [1.29, 1.82) is 0 Å². The molecule has 0 aliphatic carbocycles. The number of fused-ring (bicyclic) bond motifs is 1. The Labute approximate surface area is 191 Å². The van der Waals surface area contributed by atoms with Crippen LogP contribution in [0.15, 0.2) is 72.8 Å². The molecule has 6 nitrogen and oxygen atoms in total. The van der Waals surface area contributed by atoms with Gasteiger partial charge in [0.25, 0.3) is 5.91 Å². The molecule has 32 heavy (non-hydrogen) atoms. The summed E-state index contributed by atoms with van der Waals surface area (Å²) in [5.74, 6) is -0.240. The van der Waals surface area contributed by atoms with Crippen LogP contribution in [0.1, 0.15) is 17.5 Å². The number of rotatable bonds is 6. The Morgan fingerprint density at radius 3 is 2.47 bits per heavy atom. The lowest BCUT2D eigenvalue weighted by atomic mass is 10.00. The number of amides is 2. The monoisotopic (exact) mass is 446 g/mol.